The zero-order valence-electron chi connectivity index (χ0n) is 18.3. The zero-order valence-corrected chi connectivity index (χ0v) is 19.1. The normalized spacial score (nSPS) is 30.4. The first-order valence-corrected chi connectivity index (χ1v) is 12.8. The maximum atomic E-state index is 13.8. The number of nitrogens with zero attached hydrogens (tertiary/aromatic N) is 3. The molecule has 1 amide bonds. The Morgan fingerprint density at radius 3 is 2.87 bits per heavy atom. The van der Waals surface area contributed by atoms with Crippen molar-refractivity contribution in [1.29, 1.82) is 0 Å². The maximum Gasteiger partial charge on any atom is 0.266 e. The van der Waals surface area contributed by atoms with Crippen LogP contribution in [0.15, 0.2) is 42.0 Å². The third-order valence-electron chi connectivity index (χ3n) is 7.93. The van der Waals surface area contributed by atoms with E-state index in [2.05, 4.69) is 28.0 Å². The molecule has 162 valence electrons. The number of hydrogen-bond acceptors (Lipinski definition) is 4. The van der Waals surface area contributed by atoms with Crippen molar-refractivity contribution in [3.05, 3.63) is 52.6 Å². The second-order valence-electron chi connectivity index (χ2n) is 9.81. The molecule has 0 N–H and O–H groups in total. The molecule has 0 radical (unpaired) electrons. The van der Waals surface area contributed by atoms with E-state index in [4.69, 9.17) is 4.98 Å². The lowest BCUT2D eigenvalue weighted by Crippen LogP contribution is -2.60. The van der Waals surface area contributed by atoms with Gasteiger partial charge in [0, 0.05) is 24.7 Å². The van der Waals surface area contributed by atoms with E-state index in [1.54, 1.807) is 16.9 Å². The van der Waals surface area contributed by atoms with Crippen molar-refractivity contribution in [3.63, 3.8) is 0 Å². The number of carbonyl (C=O) groups is 1. The SMILES string of the molecule is Cc1nc(-c2ccccc2)sc1C(=O)N1CCCC2=C[C@H]3CC(CN4CCCCC34)C21. The van der Waals surface area contributed by atoms with Gasteiger partial charge in [-0.25, -0.2) is 4.98 Å². The van der Waals surface area contributed by atoms with Gasteiger partial charge in [0.25, 0.3) is 5.91 Å². The summed E-state index contributed by atoms with van der Waals surface area (Å²) in [6, 6.07) is 11.3. The Balaban J connectivity index is 1.31. The van der Waals surface area contributed by atoms with Crippen LogP contribution in [-0.2, 0) is 0 Å². The summed E-state index contributed by atoms with van der Waals surface area (Å²) in [6.07, 6.45) is 10.2. The molecule has 4 aliphatic rings. The predicted octanol–water partition coefficient (Wildman–Crippen LogP) is 5.15. The quantitative estimate of drug-likeness (QED) is 0.614. The fourth-order valence-electron chi connectivity index (χ4n) is 6.63. The highest BCUT2D eigenvalue weighted by Gasteiger charge is 2.47. The molecule has 0 spiro atoms. The Bertz CT molecular complexity index is 1010. The van der Waals surface area contributed by atoms with Gasteiger partial charge in [-0.3, -0.25) is 9.69 Å². The Labute approximate surface area is 189 Å². The van der Waals surface area contributed by atoms with E-state index < -0.39 is 0 Å². The average molecular weight is 434 g/mol. The van der Waals surface area contributed by atoms with Crippen molar-refractivity contribution in [2.75, 3.05) is 19.6 Å². The zero-order chi connectivity index (χ0) is 20.9. The van der Waals surface area contributed by atoms with E-state index in [0.29, 0.717) is 17.9 Å². The highest BCUT2D eigenvalue weighted by molar-refractivity contribution is 7.17. The first-order chi connectivity index (χ1) is 15.2. The summed E-state index contributed by atoms with van der Waals surface area (Å²) in [5, 5.41) is 0.951. The molecule has 3 fully saturated rings. The van der Waals surface area contributed by atoms with Crippen LogP contribution in [0.5, 0.6) is 0 Å². The Morgan fingerprint density at radius 1 is 1.13 bits per heavy atom. The van der Waals surface area contributed by atoms with E-state index in [0.717, 1.165) is 40.1 Å². The van der Waals surface area contributed by atoms with Crippen LogP contribution in [0, 0.1) is 18.8 Å². The van der Waals surface area contributed by atoms with Gasteiger partial charge in [-0.15, -0.1) is 11.3 Å². The van der Waals surface area contributed by atoms with Crippen molar-refractivity contribution in [2.45, 2.75) is 57.5 Å². The van der Waals surface area contributed by atoms with Gasteiger partial charge in [-0.05, 0) is 57.4 Å². The number of likely N-dealkylation sites (tertiary alicyclic amines) is 1. The molecule has 2 aromatic rings. The second-order valence-corrected chi connectivity index (χ2v) is 10.8. The lowest BCUT2D eigenvalue weighted by Gasteiger charge is -2.54. The lowest BCUT2D eigenvalue weighted by molar-refractivity contribution is 0.00159. The fourth-order valence-corrected chi connectivity index (χ4v) is 7.66. The highest BCUT2D eigenvalue weighted by atomic mass is 32.1. The molecule has 4 heterocycles. The van der Waals surface area contributed by atoms with Gasteiger partial charge in [0.15, 0.2) is 0 Å². The molecule has 1 aromatic carbocycles. The van der Waals surface area contributed by atoms with Crippen LogP contribution in [-0.4, -0.2) is 52.4 Å². The van der Waals surface area contributed by atoms with E-state index in [1.165, 1.54) is 45.2 Å². The van der Waals surface area contributed by atoms with Crippen molar-refractivity contribution in [1.82, 2.24) is 14.8 Å². The molecule has 4 nitrogen and oxygen atoms in total. The number of aryl methyl sites for hydroxylation is 1. The Kier molecular flexibility index (Phi) is 4.99. The van der Waals surface area contributed by atoms with Crippen molar-refractivity contribution in [3.8, 4) is 10.6 Å². The number of thiazole rings is 1. The number of amides is 1. The molecule has 3 aliphatic heterocycles. The number of benzene rings is 1. The van der Waals surface area contributed by atoms with Crippen molar-refractivity contribution >= 4 is 17.2 Å². The molecule has 1 aromatic heterocycles. The van der Waals surface area contributed by atoms with Gasteiger partial charge in [0.2, 0.25) is 0 Å². The van der Waals surface area contributed by atoms with Gasteiger partial charge in [-0.1, -0.05) is 48.4 Å². The number of aromatic nitrogens is 1. The third-order valence-corrected chi connectivity index (χ3v) is 9.12. The summed E-state index contributed by atoms with van der Waals surface area (Å²) < 4.78 is 0. The molecule has 5 heteroatoms. The third kappa shape index (κ3) is 3.37. The van der Waals surface area contributed by atoms with Crippen molar-refractivity contribution in [2.24, 2.45) is 11.8 Å². The molecule has 3 unspecified atom stereocenters. The summed E-state index contributed by atoms with van der Waals surface area (Å²) in [4.78, 5) is 24.4. The lowest BCUT2D eigenvalue weighted by atomic mass is 9.68. The van der Waals surface area contributed by atoms with Crippen LogP contribution in [0.25, 0.3) is 10.6 Å². The molecule has 4 atom stereocenters. The standard InChI is InChI=1S/C26H31N3OS/c1-17-24(31-25(27-17)18-8-3-2-4-9-18)26(30)29-13-7-10-19-14-20-15-21(23(19)29)16-28-12-6-5-11-22(20)28/h2-4,8-9,14,20-23H,5-7,10-13,15-16H2,1H3/t20-,21?,22?,23?/m0/s1. The molecule has 31 heavy (non-hydrogen) atoms. The first-order valence-electron chi connectivity index (χ1n) is 12.0. The van der Waals surface area contributed by atoms with Crippen LogP contribution >= 0.6 is 11.3 Å². The minimum atomic E-state index is 0.201. The summed E-state index contributed by atoms with van der Waals surface area (Å²) in [5.41, 5.74) is 3.52. The summed E-state index contributed by atoms with van der Waals surface area (Å²) in [5.74, 6) is 1.49. The maximum absolute atomic E-state index is 13.8. The smallest absolute Gasteiger partial charge is 0.266 e. The van der Waals surface area contributed by atoms with Crippen LogP contribution < -0.4 is 0 Å². The summed E-state index contributed by atoms with van der Waals surface area (Å²) in [6.45, 7) is 5.29. The van der Waals surface area contributed by atoms with Gasteiger partial charge in [0.05, 0.1) is 11.7 Å². The number of piperidine rings is 3. The van der Waals surface area contributed by atoms with Gasteiger partial charge < -0.3 is 4.90 Å². The van der Waals surface area contributed by atoms with Crippen LogP contribution in [0.2, 0.25) is 0 Å². The topological polar surface area (TPSA) is 36.4 Å². The minimum Gasteiger partial charge on any atom is -0.331 e. The summed E-state index contributed by atoms with van der Waals surface area (Å²) in [7, 11) is 0. The molecule has 0 saturated carbocycles. The van der Waals surface area contributed by atoms with Crippen molar-refractivity contribution < 1.29 is 4.79 Å². The molecule has 6 rings (SSSR count). The second kappa shape index (κ2) is 7.86. The van der Waals surface area contributed by atoms with Gasteiger partial charge >= 0.3 is 0 Å². The van der Waals surface area contributed by atoms with Gasteiger partial charge in [0.1, 0.15) is 9.88 Å². The molecular weight excluding hydrogens is 402 g/mol. The summed E-state index contributed by atoms with van der Waals surface area (Å²) >= 11 is 1.56. The molecule has 2 bridgehead atoms. The highest BCUT2D eigenvalue weighted by Crippen LogP contribution is 2.45. The number of hydrogen-bond donors (Lipinski definition) is 0. The monoisotopic (exact) mass is 433 g/mol. The Morgan fingerprint density at radius 2 is 2.00 bits per heavy atom. The number of fused-ring (bicyclic) bond motifs is 6. The first kappa shape index (κ1) is 19.7. The average Bonchev–Trinajstić information content (AvgIpc) is 3.20. The molecular formula is C26H31N3OS. The van der Waals surface area contributed by atoms with E-state index in [1.807, 2.05) is 25.1 Å². The molecule has 3 saturated heterocycles. The number of carbonyl (C=O) groups excluding carboxylic acids is 1. The van der Waals surface area contributed by atoms with Crippen LogP contribution in [0.3, 0.4) is 0 Å². The number of rotatable bonds is 2. The minimum absolute atomic E-state index is 0.201. The van der Waals surface area contributed by atoms with Gasteiger partial charge in [-0.2, -0.15) is 0 Å². The van der Waals surface area contributed by atoms with Crippen LogP contribution in [0.4, 0.5) is 0 Å². The van der Waals surface area contributed by atoms with Crippen LogP contribution in [0.1, 0.15) is 53.9 Å². The fraction of sp³-hybridized carbons (Fsp3) is 0.538. The van der Waals surface area contributed by atoms with E-state index in [-0.39, 0.29) is 5.91 Å². The Hall–Kier alpha value is -1.98. The predicted molar refractivity (Wildman–Crippen MR) is 125 cm³/mol. The van der Waals surface area contributed by atoms with E-state index >= 15 is 0 Å². The molecule has 1 aliphatic carbocycles. The van der Waals surface area contributed by atoms with E-state index in [9.17, 15) is 4.79 Å². The largest absolute Gasteiger partial charge is 0.331 e.